The van der Waals surface area contributed by atoms with Crippen molar-refractivity contribution in [1.82, 2.24) is 9.80 Å². The van der Waals surface area contributed by atoms with E-state index >= 15 is 0 Å². The molecule has 1 saturated heterocycles. The Morgan fingerprint density at radius 1 is 1.03 bits per heavy atom. The summed E-state index contributed by atoms with van der Waals surface area (Å²) in [5.74, 6) is 1.08. The highest BCUT2D eigenvalue weighted by Gasteiger charge is 2.34. The molecule has 0 bridgehead atoms. The highest BCUT2D eigenvalue weighted by Crippen LogP contribution is 2.32. The molecule has 0 radical (unpaired) electrons. The van der Waals surface area contributed by atoms with Crippen molar-refractivity contribution in [3.8, 4) is 0 Å². The molecule has 3 aliphatic heterocycles. The van der Waals surface area contributed by atoms with Crippen molar-refractivity contribution in [2.75, 3.05) is 50.4 Å². The number of hydrogen-bond acceptors (Lipinski definition) is 6. The molecule has 1 fully saturated rings. The normalized spacial score (nSPS) is 21.5. The number of benzene rings is 2. The number of thioether (sulfide) groups is 1. The monoisotopic (exact) mass is 425 g/mol. The van der Waals surface area contributed by atoms with Crippen LogP contribution in [0.1, 0.15) is 5.56 Å². The fraction of sp³-hybridized carbons (Fsp3) is 0.364. The van der Waals surface area contributed by atoms with Gasteiger partial charge in [0.2, 0.25) is 0 Å². The third kappa shape index (κ3) is 3.65. The number of halogens is 1. The highest BCUT2D eigenvalue weighted by atomic mass is 35.5. The Kier molecular flexibility index (Phi) is 5.24. The molecule has 29 heavy (non-hydrogen) atoms. The second-order valence-electron chi connectivity index (χ2n) is 7.57. The van der Waals surface area contributed by atoms with Gasteiger partial charge in [-0.2, -0.15) is 0 Å². The lowest BCUT2D eigenvalue weighted by molar-refractivity contribution is 0.242. The number of para-hydroxylation sites is 2. The van der Waals surface area contributed by atoms with Crippen LogP contribution in [0.2, 0.25) is 5.02 Å². The molecule has 1 unspecified atom stereocenters. The largest absolute Gasteiger partial charge is 0.368 e. The molecule has 0 saturated carbocycles. The Morgan fingerprint density at radius 3 is 2.59 bits per heavy atom. The molecule has 3 heterocycles. The first-order chi connectivity index (χ1) is 14.2. The quantitative estimate of drug-likeness (QED) is 0.745. The Bertz CT molecular complexity index is 967. The van der Waals surface area contributed by atoms with Crippen molar-refractivity contribution < 1.29 is 0 Å². The number of fused-ring (bicyclic) bond motifs is 3. The van der Waals surface area contributed by atoms with Crippen molar-refractivity contribution >= 4 is 45.7 Å². The molecule has 150 valence electrons. The maximum atomic E-state index is 6.38. The van der Waals surface area contributed by atoms with E-state index in [-0.39, 0.29) is 6.04 Å². The summed E-state index contributed by atoms with van der Waals surface area (Å²) >= 11 is 8.07. The first-order valence-electron chi connectivity index (χ1n) is 10.0. The van der Waals surface area contributed by atoms with Crippen molar-refractivity contribution in [2.45, 2.75) is 6.04 Å². The minimum Gasteiger partial charge on any atom is -0.368 e. The number of amidine groups is 2. The number of rotatable bonds is 3. The van der Waals surface area contributed by atoms with E-state index in [2.05, 4.69) is 51.3 Å². The van der Waals surface area contributed by atoms with Crippen molar-refractivity contribution in [1.29, 1.82) is 0 Å². The van der Waals surface area contributed by atoms with E-state index in [9.17, 15) is 0 Å². The van der Waals surface area contributed by atoms with Gasteiger partial charge in [0, 0.05) is 38.3 Å². The first-order valence-corrected chi connectivity index (χ1v) is 11.6. The summed E-state index contributed by atoms with van der Waals surface area (Å²) in [6.07, 6.45) is 2.09. The van der Waals surface area contributed by atoms with E-state index in [1.807, 2.05) is 18.2 Å². The Morgan fingerprint density at radius 2 is 1.79 bits per heavy atom. The predicted molar refractivity (Wildman–Crippen MR) is 124 cm³/mol. The fourth-order valence-corrected chi connectivity index (χ4v) is 5.15. The van der Waals surface area contributed by atoms with Crippen LogP contribution >= 0.6 is 23.4 Å². The van der Waals surface area contributed by atoms with Crippen molar-refractivity contribution in [2.24, 2.45) is 9.98 Å². The van der Waals surface area contributed by atoms with Gasteiger partial charge in [0.05, 0.1) is 29.0 Å². The zero-order chi connectivity index (χ0) is 19.8. The zero-order valence-corrected chi connectivity index (χ0v) is 18.0. The number of anilines is 1. The van der Waals surface area contributed by atoms with Gasteiger partial charge in [-0.1, -0.05) is 47.6 Å². The minimum absolute atomic E-state index is 0.278. The van der Waals surface area contributed by atoms with Gasteiger partial charge in [0.1, 0.15) is 5.84 Å². The van der Waals surface area contributed by atoms with Gasteiger partial charge < -0.3 is 9.80 Å². The lowest BCUT2D eigenvalue weighted by Crippen LogP contribution is -2.49. The highest BCUT2D eigenvalue weighted by molar-refractivity contribution is 8.13. The Balaban J connectivity index is 1.26. The molecular weight excluding hydrogens is 402 g/mol. The minimum atomic E-state index is 0.278. The van der Waals surface area contributed by atoms with Crippen LogP contribution in [-0.4, -0.2) is 72.4 Å². The van der Waals surface area contributed by atoms with E-state index in [1.54, 1.807) is 11.8 Å². The smallest absolute Gasteiger partial charge is 0.169 e. The van der Waals surface area contributed by atoms with Crippen LogP contribution in [-0.2, 0) is 0 Å². The molecule has 1 atom stereocenters. The molecule has 0 aliphatic carbocycles. The maximum Gasteiger partial charge on any atom is 0.169 e. The Hall–Kier alpha value is -2.02. The van der Waals surface area contributed by atoms with Crippen LogP contribution < -0.4 is 4.90 Å². The van der Waals surface area contributed by atoms with Gasteiger partial charge in [-0.15, -0.1) is 0 Å². The Labute approximate surface area is 181 Å². The second-order valence-corrected chi connectivity index (χ2v) is 8.75. The summed E-state index contributed by atoms with van der Waals surface area (Å²) in [6, 6.07) is 16.7. The summed E-state index contributed by atoms with van der Waals surface area (Å²) in [7, 11) is 0. The van der Waals surface area contributed by atoms with Crippen molar-refractivity contribution in [3.05, 3.63) is 59.1 Å². The molecule has 5 rings (SSSR count). The molecule has 2 aromatic carbocycles. The van der Waals surface area contributed by atoms with Crippen LogP contribution in [0.4, 0.5) is 11.4 Å². The van der Waals surface area contributed by atoms with Crippen LogP contribution in [0.25, 0.3) is 0 Å². The van der Waals surface area contributed by atoms with Crippen LogP contribution in [0.15, 0.2) is 58.5 Å². The standard InChI is InChI=1S/C22H24ClN5S/c1-29-22-25-19-8-4-2-6-17(19)21-24-16(15-28(21)22)14-26-10-12-27(13-11-26)20-9-5-3-7-18(20)23/h2-9,16H,10-15H2,1H3. The summed E-state index contributed by atoms with van der Waals surface area (Å²) in [5, 5.41) is 1.89. The van der Waals surface area contributed by atoms with Crippen LogP contribution in [0.5, 0.6) is 0 Å². The number of aliphatic imine (C=N–C) groups is 2. The topological polar surface area (TPSA) is 34.4 Å². The summed E-state index contributed by atoms with van der Waals surface area (Å²) in [5.41, 5.74) is 3.32. The van der Waals surface area contributed by atoms with Gasteiger partial charge >= 0.3 is 0 Å². The molecule has 0 amide bonds. The molecule has 3 aliphatic rings. The summed E-state index contributed by atoms with van der Waals surface area (Å²) in [6.45, 7) is 5.96. The zero-order valence-electron chi connectivity index (χ0n) is 16.5. The molecule has 0 N–H and O–H groups in total. The van der Waals surface area contributed by atoms with Crippen LogP contribution in [0.3, 0.4) is 0 Å². The average Bonchev–Trinajstić information content (AvgIpc) is 3.18. The molecule has 0 spiro atoms. The molecule has 5 nitrogen and oxygen atoms in total. The van der Waals surface area contributed by atoms with E-state index < -0.39 is 0 Å². The SMILES string of the molecule is CSC1=Nc2ccccc2C2=NC(CN3CCN(c4ccccc4Cl)CC3)CN12. The van der Waals surface area contributed by atoms with Crippen molar-refractivity contribution in [3.63, 3.8) is 0 Å². The van der Waals surface area contributed by atoms with Crippen LogP contribution in [0, 0.1) is 0 Å². The third-order valence-corrected chi connectivity index (χ3v) is 6.76. The number of hydrogen-bond donors (Lipinski definition) is 0. The first kappa shape index (κ1) is 19.0. The van der Waals surface area contributed by atoms with Gasteiger partial charge in [0.15, 0.2) is 5.17 Å². The summed E-state index contributed by atoms with van der Waals surface area (Å²) in [4.78, 5) is 17.1. The lowest BCUT2D eigenvalue weighted by atomic mass is 10.1. The molecular formula is C22H24ClN5S. The summed E-state index contributed by atoms with van der Waals surface area (Å²) < 4.78 is 0. The van der Waals surface area contributed by atoms with Gasteiger partial charge in [-0.05, 0) is 30.5 Å². The molecule has 0 aromatic heterocycles. The van der Waals surface area contributed by atoms with E-state index in [1.165, 1.54) is 0 Å². The average molecular weight is 426 g/mol. The predicted octanol–water partition coefficient (Wildman–Crippen LogP) is 3.96. The third-order valence-electron chi connectivity index (χ3n) is 5.76. The molecule has 7 heteroatoms. The van der Waals surface area contributed by atoms with Gasteiger partial charge in [-0.25, -0.2) is 4.99 Å². The fourth-order valence-electron chi connectivity index (χ4n) is 4.32. The van der Waals surface area contributed by atoms with E-state index in [0.29, 0.717) is 0 Å². The lowest BCUT2D eigenvalue weighted by Gasteiger charge is -2.37. The van der Waals surface area contributed by atoms with Gasteiger partial charge in [-0.3, -0.25) is 9.89 Å². The maximum absolute atomic E-state index is 6.38. The molecule has 2 aromatic rings. The van der Waals surface area contributed by atoms with Gasteiger partial charge in [0.25, 0.3) is 0 Å². The number of nitrogens with zero attached hydrogens (tertiary/aromatic N) is 5. The second kappa shape index (κ2) is 8.01. The number of piperazine rings is 1. The van der Waals surface area contributed by atoms with E-state index in [4.69, 9.17) is 21.6 Å². The van der Waals surface area contributed by atoms with E-state index in [0.717, 1.165) is 72.2 Å².